The molecule has 1 aromatic carbocycles. The minimum Gasteiger partial charge on any atom is -0.484 e. The van der Waals surface area contributed by atoms with E-state index in [4.69, 9.17) is 37.4 Å². The van der Waals surface area contributed by atoms with Gasteiger partial charge in [0.15, 0.2) is 0 Å². The minimum absolute atomic E-state index is 0.113. The fraction of sp³-hybridized carbons (Fsp3) is 0.292. The fourth-order valence-electron chi connectivity index (χ4n) is 3.64. The summed E-state index contributed by atoms with van der Waals surface area (Å²) in [6.07, 6.45) is 2.26. The van der Waals surface area contributed by atoms with Gasteiger partial charge in [0.05, 0.1) is 43.4 Å². The molecule has 1 fully saturated rings. The highest BCUT2D eigenvalue weighted by Gasteiger charge is 2.21. The summed E-state index contributed by atoms with van der Waals surface area (Å²) < 4.78 is 30.4. The van der Waals surface area contributed by atoms with E-state index in [1.54, 1.807) is 19.2 Å². The molecule has 184 valence electrons. The Morgan fingerprint density at radius 2 is 1.94 bits per heavy atom. The van der Waals surface area contributed by atoms with E-state index in [0.717, 1.165) is 18.9 Å². The van der Waals surface area contributed by atoms with Crippen molar-refractivity contribution in [1.82, 2.24) is 9.97 Å². The van der Waals surface area contributed by atoms with Crippen molar-refractivity contribution in [3.05, 3.63) is 69.7 Å². The third-order valence-electron chi connectivity index (χ3n) is 5.40. The van der Waals surface area contributed by atoms with Gasteiger partial charge in [-0.1, -0.05) is 23.2 Å². The molecule has 8 nitrogen and oxygen atoms in total. The van der Waals surface area contributed by atoms with Crippen molar-refractivity contribution in [2.24, 2.45) is 0 Å². The average molecular weight is 521 g/mol. The molecule has 4 rings (SSSR count). The van der Waals surface area contributed by atoms with Crippen LogP contribution < -0.4 is 19.7 Å². The number of halogens is 3. The van der Waals surface area contributed by atoms with Crippen molar-refractivity contribution in [1.29, 1.82) is 0 Å². The van der Waals surface area contributed by atoms with Crippen LogP contribution in [0.5, 0.6) is 11.6 Å². The molecule has 1 saturated heterocycles. The first-order valence-corrected chi connectivity index (χ1v) is 11.6. The van der Waals surface area contributed by atoms with Gasteiger partial charge >= 0.3 is 0 Å². The molecule has 0 saturated carbocycles. The maximum absolute atomic E-state index is 13.9. The number of pyridine rings is 2. The van der Waals surface area contributed by atoms with Gasteiger partial charge < -0.3 is 24.4 Å². The molecule has 0 radical (unpaired) electrons. The molecule has 0 unspecified atom stereocenters. The first kappa shape index (κ1) is 25.0. The lowest BCUT2D eigenvalue weighted by molar-refractivity contribution is 0.102. The van der Waals surface area contributed by atoms with Gasteiger partial charge in [0.25, 0.3) is 5.91 Å². The van der Waals surface area contributed by atoms with E-state index in [9.17, 15) is 9.18 Å². The van der Waals surface area contributed by atoms with E-state index in [2.05, 4.69) is 20.2 Å². The molecule has 0 spiro atoms. The average Bonchev–Trinajstić information content (AvgIpc) is 2.87. The lowest BCUT2D eigenvalue weighted by Crippen LogP contribution is -2.36. The maximum Gasteiger partial charge on any atom is 0.261 e. The van der Waals surface area contributed by atoms with Crippen LogP contribution >= 0.6 is 23.2 Å². The first-order chi connectivity index (χ1) is 16.9. The number of benzene rings is 1. The van der Waals surface area contributed by atoms with Gasteiger partial charge in [-0.15, -0.1) is 0 Å². The van der Waals surface area contributed by atoms with Crippen molar-refractivity contribution in [3.8, 4) is 11.6 Å². The Balaban J connectivity index is 1.50. The smallest absolute Gasteiger partial charge is 0.261 e. The predicted molar refractivity (Wildman–Crippen MR) is 131 cm³/mol. The predicted octanol–water partition coefficient (Wildman–Crippen LogP) is 5.16. The maximum atomic E-state index is 13.9. The topological polar surface area (TPSA) is 85.8 Å². The summed E-state index contributed by atoms with van der Waals surface area (Å²) in [5.74, 6) is 0.102. The number of nitrogens with one attached hydrogen (secondary N) is 1. The van der Waals surface area contributed by atoms with Crippen LogP contribution in [-0.4, -0.2) is 49.3 Å². The van der Waals surface area contributed by atoms with E-state index >= 15 is 0 Å². The van der Waals surface area contributed by atoms with Gasteiger partial charge in [-0.3, -0.25) is 4.79 Å². The Labute approximate surface area is 211 Å². The SMILES string of the molecule is COc1ncc(O[C@H](C)c2c(Cl)ccc(F)c2Cl)cc1C(=O)Nc1ccc(N2CCOCC2)nc1. The Morgan fingerprint density at radius 1 is 1.17 bits per heavy atom. The Bertz CT molecular complexity index is 1210. The first-order valence-electron chi connectivity index (χ1n) is 10.8. The van der Waals surface area contributed by atoms with E-state index < -0.39 is 17.8 Å². The summed E-state index contributed by atoms with van der Waals surface area (Å²) in [4.78, 5) is 23.7. The standard InChI is InChI=1S/C24H23Cl2FN4O4/c1-14(21-18(25)4-5-19(27)22(21)26)35-16-11-17(24(33-2)29-13-16)23(32)30-15-3-6-20(28-12-15)31-7-9-34-10-8-31/h3-6,11-14H,7-10H2,1-2H3,(H,30,32)/t14-/m1/s1. The molecular formula is C24H23Cl2FN4O4. The molecule has 1 amide bonds. The largest absolute Gasteiger partial charge is 0.484 e. The van der Waals surface area contributed by atoms with Crippen molar-refractivity contribution in [3.63, 3.8) is 0 Å². The van der Waals surface area contributed by atoms with Crippen LogP contribution in [-0.2, 0) is 4.74 Å². The molecule has 1 aliphatic rings. The number of ether oxygens (including phenoxy) is 3. The van der Waals surface area contributed by atoms with Crippen molar-refractivity contribution < 1.29 is 23.4 Å². The summed E-state index contributed by atoms with van der Waals surface area (Å²) in [6.45, 7) is 4.50. The van der Waals surface area contributed by atoms with Gasteiger partial charge in [-0.05, 0) is 37.3 Å². The molecule has 35 heavy (non-hydrogen) atoms. The zero-order chi connectivity index (χ0) is 24.9. The molecule has 2 aromatic heterocycles. The number of amides is 1. The molecule has 1 atom stereocenters. The molecule has 3 aromatic rings. The zero-order valence-corrected chi connectivity index (χ0v) is 20.6. The Morgan fingerprint density at radius 3 is 2.63 bits per heavy atom. The summed E-state index contributed by atoms with van der Waals surface area (Å²) in [6, 6.07) is 7.67. The third-order valence-corrected chi connectivity index (χ3v) is 6.12. The lowest BCUT2D eigenvalue weighted by atomic mass is 10.1. The molecule has 0 aliphatic carbocycles. The zero-order valence-electron chi connectivity index (χ0n) is 19.1. The van der Waals surface area contributed by atoms with Crippen LogP contribution in [0.1, 0.15) is 28.9 Å². The molecule has 1 aliphatic heterocycles. The molecule has 11 heteroatoms. The highest BCUT2D eigenvalue weighted by atomic mass is 35.5. The Hall–Kier alpha value is -3.14. The highest BCUT2D eigenvalue weighted by molar-refractivity contribution is 6.36. The van der Waals surface area contributed by atoms with E-state index in [1.807, 2.05) is 6.07 Å². The number of aromatic nitrogens is 2. The van der Waals surface area contributed by atoms with Crippen LogP contribution in [0.15, 0.2) is 42.7 Å². The second kappa shape index (κ2) is 11.1. The number of hydrogen-bond acceptors (Lipinski definition) is 7. The number of hydrogen-bond donors (Lipinski definition) is 1. The van der Waals surface area contributed by atoms with Gasteiger partial charge in [0.1, 0.15) is 29.1 Å². The number of carbonyl (C=O) groups is 1. The monoisotopic (exact) mass is 520 g/mol. The molecule has 1 N–H and O–H groups in total. The fourth-order valence-corrected chi connectivity index (χ4v) is 4.32. The highest BCUT2D eigenvalue weighted by Crippen LogP contribution is 2.35. The summed E-state index contributed by atoms with van der Waals surface area (Å²) in [5, 5.41) is 2.92. The van der Waals surface area contributed by atoms with Gasteiger partial charge in [-0.2, -0.15) is 0 Å². The number of anilines is 2. The lowest BCUT2D eigenvalue weighted by Gasteiger charge is -2.27. The normalized spacial score (nSPS) is 14.4. The second-order valence-electron chi connectivity index (χ2n) is 7.70. The van der Waals surface area contributed by atoms with Crippen LogP contribution in [0.3, 0.4) is 0 Å². The Kier molecular flexibility index (Phi) is 7.90. The van der Waals surface area contributed by atoms with Crippen LogP contribution in [0, 0.1) is 5.82 Å². The number of rotatable bonds is 7. The molecule has 3 heterocycles. The van der Waals surface area contributed by atoms with Crippen LogP contribution in [0.2, 0.25) is 10.0 Å². The minimum atomic E-state index is -0.714. The third kappa shape index (κ3) is 5.75. The van der Waals surface area contributed by atoms with Crippen molar-refractivity contribution in [2.45, 2.75) is 13.0 Å². The summed E-state index contributed by atoms with van der Waals surface area (Å²) in [7, 11) is 1.41. The second-order valence-corrected chi connectivity index (χ2v) is 8.49. The van der Waals surface area contributed by atoms with Crippen molar-refractivity contribution >= 4 is 40.6 Å². The van der Waals surface area contributed by atoms with Crippen LogP contribution in [0.25, 0.3) is 0 Å². The number of morpholine rings is 1. The summed E-state index contributed by atoms with van der Waals surface area (Å²) in [5.41, 5.74) is 0.944. The van der Waals surface area contributed by atoms with Gasteiger partial charge in [0, 0.05) is 23.7 Å². The number of methoxy groups -OCH3 is 1. The molecular weight excluding hydrogens is 498 g/mol. The van der Waals surface area contributed by atoms with Crippen LogP contribution in [0.4, 0.5) is 15.9 Å². The molecule has 0 bridgehead atoms. The van der Waals surface area contributed by atoms with E-state index in [-0.39, 0.29) is 27.2 Å². The number of carbonyl (C=O) groups excluding carboxylic acids is 1. The quantitative estimate of drug-likeness (QED) is 0.430. The number of nitrogens with zero attached hydrogens (tertiary/aromatic N) is 3. The summed E-state index contributed by atoms with van der Waals surface area (Å²) >= 11 is 12.3. The van der Waals surface area contributed by atoms with E-state index in [1.165, 1.54) is 31.5 Å². The van der Waals surface area contributed by atoms with Gasteiger partial charge in [0.2, 0.25) is 5.88 Å². The van der Waals surface area contributed by atoms with E-state index in [0.29, 0.717) is 24.5 Å². The van der Waals surface area contributed by atoms with Crippen molar-refractivity contribution in [2.75, 3.05) is 43.6 Å². The van der Waals surface area contributed by atoms with Gasteiger partial charge in [-0.25, -0.2) is 14.4 Å².